The molecule has 3 nitrogen and oxygen atoms in total. The minimum absolute atomic E-state index is 0.0295. The first-order valence-electron chi connectivity index (χ1n) is 5.33. The molecule has 0 saturated carbocycles. The Morgan fingerprint density at radius 2 is 1.67 bits per heavy atom. The summed E-state index contributed by atoms with van der Waals surface area (Å²) in [4.78, 5) is 0.0295. The van der Waals surface area contributed by atoms with Crippen LogP contribution in [0.1, 0.15) is 18.4 Å². The molecule has 7 heteroatoms. The molecule has 2 N–H and O–H groups in total. The quantitative estimate of drug-likeness (QED) is 0.900. The Balaban J connectivity index is 2.68. The molecule has 0 aliphatic rings. The SMILES string of the molecule is NCc1ccc(S(=O)(=O)CCCC(F)(F)F)cc1. The summed E-state index contributed by atoms with van der Waals surface area (Å²) in [5.41, 5.74) is 6.13. The zero-order valence-corrected chi connectivity index (χ0v) is 10.4. The van der Waals surface area contributed by atoms with E-state index < -0.39 is 34.6 Å². The molecule has 0 saturated heterocycles. The number of hydrogen-bond acceptors (Lipinski definition) is 3. The van der Waals surface area contributed by atoms with Gasteiger partial charge < -0.3 is 5.73 Å². The summed E-state index contributed by atoms with van der Waals surface area (Å²) >= 11 is 0. The van der Waals surface area contributed by atoms with Gasteiger partial charge in [-0.05, 0) is 24.1 Å². The molecule has 1 rings (SSSR count). The van der Waals surface area contributed by atoms with Crippen molar-refractivity contribution in [1.29, 1.82) is 0 Å². The monoisotopic (exact) mass is 281 g/mol. The highest BCUT2D eigenvalue weighted by atomic mass is 32.2. The van der Waals surface area contributed by atoms with Crippen LogP contribution < -0.4 is 5.73 Å². The van der Waals surface area contributed by atoms with Crippen LogP contribution in [-0.2, 0) is 16.4 Å². The normalized spacial score (nSPS) is 12.7. The standard InChI is InChI=1S/C11H14F3NO2S/c12-11(13,14)6-1-7-18(16,17)10-4-2-9(8-15)3-5-10/h2-5H,1,6-8,15H2. The molecule has 0 spiro atoms. The fourth-order valence-corrected chi connectivity index (χ4v) is 2.72. The van der Waals surface area contributed by atoms with E-state index in [0.717, 1.165) is 5.56 Å². The molecular formula is C11H14F3NO2S. The molecule has 102 valence electrons. The zero-order valence-electron chi connectivity index (χ0n) is 9.57. The summed E-state index contributed by atoms with van der Waals surface area (Å²) in [7, 11) is -3.65. The van der Waals surface area contributed by atoms with Crippen LogP contribution in [0.4, 0.5) is 13.2 Å². The summed E-state index contributed by atoms with van der Waals surface area (Å²) < 4.78 is 59.2. The van der Waals surface area contributed by atoms with Gasteiger partial charge in [-0.2, -0.15) is 13.2 Å². The van der Waals surface area contributed by atoms with Crippen molar-refractivity contribution in [3.63, 3.8) is 0 Å². The molecule has 0 radical (unpaired) electrons. The van der Waals surface area contributed by atoms with Crippen molar-refractivity contribution < 1.29 is 21.6 Å². The first-order chi connectivity index (χ1) is 8.24. The molecule has 0 aliphatic carbocycles. The van der Waals surface area contributed by atoms with Crippen molar-refractivity contribution in [3.8, 4) is 0 Å². The van der Waals surface area contributed by atoms with Gasteiger partial charge in [-0.25, -0.2) is 8.42 Å². The molecule has 0 heterocycles. The zero-order chi connectivity index (χ0) is 13.8. The predicted octanol–water partition coefficient (Wildman–Crippen LogP) is 2.26. The summed E-state index contributed by atoms with van der Waals surface area (Å²) in [6, 6.07) is 5.84. The summed E-state index contributed by atoms with van der Waals surface area (Å²) in [5.74, 6) is -0.505. The first kappa shape index (κ1) is 15.0. The van der Waals surface area contributed by atoms with Crippen molar-refractivity contribution in [3.05, 3.63) is 29.8 Å². The molecule has 0 aliphatic heterocycles. The van der Waals surface area contributed by atoms with E-state index in [9.17, 15) is 21.6 Å². The highest BCUT2D eigenvalue weighted by Crippen LogP contribution is 2.23. The Morgan fingerprint density at radius 3 is 2.11 bits per heavy atom. The van der Waals surface area contributed by atoms with E-state index in [-0.39, 0.29) is 11.4 Å². The molecule has 0 bridgehead atoms. The van der Waals surface area contributed by atoms with Crippen molar-refractivity contribution in [2.45, 2.75) is 30.5 Å². The van der Waals surface area contributed by atoms with E-state index >= 15 is 0 Å². The van der Waals surface area contributed by atoms with Crippen LogP contribution in [0.2, 0.25) is 0 Å². The molecular weight excluding hydrogens is 267 g/mol. The van der Waals surface area contributed by atoms with E-state index in [2.05, 4.69) is 0 Å². The van der Waals surface area contributed by atoms with Crippen LogP contribution in [0, 0.1) is 0 Å². The van der Waals surface area contributed by atoms with Gasteiger partial charge in [-0.1, -0.05) is 12.1 Å². The van der Waals surface area contributed by atoms with E-state index in [1.807, 2.05) is 0 Å². The van der Waals surface area contributed by atoms with Crippen molar-refractivity contribution >= 4 is 9.84 Å². The topological polar surface area (TPSA) is 60.2 Å². The largest absolute Gasteiger partial charge is 0.389 e. The lowest BCUT2D eigenvalue weighted by molar-refractivity contribution is -0.134. The van der Waals surface area contributed by atoms with Crippen LogP contribution in [0.3, 0.4) is 0 Å². The summed E-state index contributed by atoms with van der Waals surface area (Å²) in [6.07, 6.45) is -5.84. The minimum atomic E-state index is -4.32. The van der Waals surface area contributed by atoms with E-state index in [4.69, 9.17) is 5.73 Å². The summed E-state index contributed by atoms with van der Waals surface area (Å²) in [5, 5.41) is 0. The predicted molar refractivity (Wildman–Crippen MR) is 61.7 cm³/mol. The van der Waals surface area contributed by atoms with Gasteiger partial charge in [-0.15, -0.1) is 0 Å². The molecule has 0 aromatic heterocycles. The Labute approximate surface area is 104 Å². The van der Waals surface area contributed by atoms with Gasteiger partial charge in [0.2, 0.25) is 0 Å². The maximum Gasteiger partial charge on any atom is 0.389 e. The smallest absolute Gasteiger partial charge is 0.326 e. The Morgan fingerprint density at radius 1 is 1.11 bits per heavy atom. The minimum Gasteiger partial charge on any atom is -0.326 e. The maximum absolute atomic E-state index is 11.9. The Hall–Kier alpha value is -1.08. The Bertz CT molecular complexity index is 480. The molecule has 0 unspecified atom stereocenters. The fraction of sp³-hybridized carbons (Fsp3) is 0.455. The third kappa shape index (κ3) is 4.66. The fourth-order valence-electron chi connectivity index (χ4n) is 1.41. The molecule has 18 heavy (non-hydrogen) atoms. The highest BCUT2D eigenvalue weighted by molar-refractivity contribution is 7.91. The van der Waals surface area contributed by atoms with E-state index in [0.29, 0.717) is 0 Å². The number of halogens is 3. The van der Waals surface area contributed by atoms with Gasteiger partial charge in [0.25, 0.3) is 0 Å². The van der Waals surface area contributed by atoms with Gasteiger partial charge in [0, 0.05) is 13.0 Å². The van der Waals surface area contributed by atoms with Crippen LogP contribution in [0.25, 0.3) is 0 Å². The maximum atomic E-state index is 11.9. The number of nitrogens with two attached hydrogens (primary N) is 1. The first-order valence-corrected chi connectivity index (χ1v) is 6.98. The van der Waals surface area contributed by atoms with Crippen LogP contribution in [0.5, 0.6) is 0 Å². The number of rotatable bonds is 5. The second-order valence-corrected chi connectivity index (χ2v) is 5.99. The highest BCUT2D eigenvalue weighted by Gasteiger charge is 2.27. The lowest BCUT2D eigenvalue weighted by Gasteiger charge is -2.07. The number of benzene rings is 1. The number of alkyl halides is 3. The lowest BCUT2D eigenvalue weighted by Crippen LogP contribution is -2.12. The molecule has 1 aromatic carbocycles. The van der Waals surface area contributed by atoms with Gasteiger partial charge in [0.05, 0.1) is 10.6 Å². The second kappa shape index (κ2) is 5.71. The van der Waals surface area contributed by atoms with Crippen LogP contribution >= 0.6 is 0 Å². The molecule has 0 amide bonds. The van der Waals surface area contributed by atoms with E-state index in [1.165, 1.54) is 12.1 Å². The lowest BCUT2D eigenvalue weighted by atomic mass is 10.2. The van der Waals surface area contributed by atoms with Crippen molar-refractivity contribution in [2.75, 3.05) is 5.75 Å². The van der Waals surface area contributed by atoms with E-state index in [1.54, 1.807) is 12.1 Å². The second-order valence-electron chi connectivity index (χ2n) is 3.89. The van der Waals surface area contributed by atoms with Gasteiger partial charge in [0.1, 0.15) is 0 Å². The molecule has 0 fully saturated rings. The number of sulfone groups is 1. The van der Waals surface area contributed by atoms with Gasteiger partial charge >= 0.3 is 6.18 Å². The third-order valence-electron chi connectivity index (χ3n) is 2.39. The average molecular weight is 281 g/mol. The van der Waals surface area contributed by atoms with Crippen LogP contribution in [-0.4, -0.2) is 20.3 Å². The molecule has 0 atom stereocenters. The van der Waals surface area contributed by atoms with Crippen molar-refractivity contribution in [1.82, 2.24) is 0 Å². The number of hydrogen-bond donors (Lipinski definition) is 1. The third-order valence-corrected chi connectivity index (χ3v) is 4.21. The van der Waals surface area contributed by atoms with Gasteiger partial charge in [0.15, 0.2) is 9.84 Å². The average Bonchev–Trinajstić information content (AvgIpc) is 2.27. The van der Waals surface area contributed by atoms with Crippen LogP contribution in [0.15, 0.2) is 29.2 Å². The van der Waals surface area contributed by atoms with Crippen molar-refractivity contribution in [2.24, 2.45) is 5.73 Å². The Kier molecular flexibility index (Phi) is 4.75. The van der Waals surface area contributed by atoms with Gasteiger partial charge in [-0.3, -0.25) is 0 Å². The summed E-state index contributed by atoms with van der Waals surface area (Å²) in [6.45, 7) is 0.286. The molecule has 1 aromatic rings.